The smallest absolute Gasteiger partial charge is 0.322 e. The zero-order chi connectivity index (χ0) is 14.5. The molecule has 1 aliphatic rings. The van der Waals surface area contributed by atoms with Gasteiger partial charge in [0.05, 0.1) is 7.11 Å². The summed E-state index contributed by atoms with van der Waals surface area (Å²) in [4.78, 5) is 15.6. The van der Waals surface area contributed by atoms with Crippen LogP contribution in [0.25, 0.3) is 0 Å². The van der Waals surface area contributed by atoms with Crippen LogP contribution in [0.2, 0.25) is 0 Å². The molecule has 2 rings (SSSR count). The van der Waals surface area contributed by atoms with E-state index in [1.807, 2.05) is 0 Å². The van der Waals surface area contributed by atoms with Gasteiger partial charge in [0.1, 0.15) is 0 Å². The van der Waals surface area contributed by atoms with E-state index in [9.17, 15) is 0 Å². The van der Waals surface area contributed by atoms with Gasteiger partial charge in [-0.05, 0) is 32.6 Å². The van der Waals surface area contributed by atoms with Crippen LogP contribution in [0.5, 0.6) is 6.01 Å². The van der Waals surface area contributed by atoms with Crippen molar-refractivity contribution in [3.63, 3.8) is 0 Å². The number of nitrogens with one attached hydrogen (secondary N) is 1. The van der Waals surface area contributed by atoms with Crippen molar-refractivity contribution in [2.24, 2.45) is 0 Å². The minimum Gasteiger partial charge on any atom is -0.467 e. The molecule has 1 aliphatic heterocycles. The molecule has 0 aromatic carbocycles. The summed E-state index contributed by atoms with van der Waals surface area (Å²) >= 11 is 0. The van der Waals surface area contributed by atoms with Gasteiger partial charge in [-0.2, -0.15) is 15.0 Å². The van der Waals surface area contributed by atoms with Crippen molar-refractivity contribution in [2.75, 3.05) is 23.9 Å². The lowest BCUT2D eigenvalue weighted by atomic mass is 10.2. The molecule has 1 aromatic heterocycles. The van der Waals surface area contributed by atoms with E-state index in [0.29, 0.717) is 24.0 Å². The Morgan fingerprint density at radius 3 is 2.70 bits per heavy atom. The topological polar surface area (TPSA) is 63.2 Å². The standard InChI is InChI=1S/C14H25N5O/c1-5-9-15-12-16-13(18-14(17-12)20-4)19-10(3)7-8-11(19)6-2/h10-11H,5-9H2,1-4H3,(H,15,16,17,18). The summed E-state index contributed by atoms with van der Waals surface area (Å²) in [5.41, 5.74) is 0. The Labute approximate surface area is 121 Å². The van der Waals surface area contributed by atoms with Gasteiger partial charge in [0, 0.05) is 18.6 Å². The largest absolute Gasteiger partial charge is 0.467 e. The maximum Gasteiger partial charge on any atom is 0.322 e. The third-order valence-electron chi connectivity index (χ3n) is 3.81. The van der Waals surface area contributed by atoms with Gasteiger partial charge in [-0.3, -0.25) is 0 Å². The second-order valence-electron chi connectivity index (χ2n) is 5.27. The highest BCUT2D eigenvalue weighted by molar-refractivity contribution is 5.41. The van der Waals surface area contributed by atoms with Crippen molar-refractivity contribution in [2.45, 2.75) is 58.5 Å². The third kappa shape index (κ3) is 3.11. The zero-order valence-corrected chi connectivity index (χ0v) is 12.9. The van der Waals surface area contributed by atoms with Crippen molar-refractivity contribution < 1.29 is 4.74 Å². The lowest BCUT2D eigenvalue weighted by molar-refractivity contribution is 0.378. The predicted octanol–water partition coefficient (Wildman–Crippen LogP) is 2.47. The molecular formula is C14H25N5O. The Morgan fingerprint density at radius 2 is 2.05 bits per heavy atom. The molecule has 1 saturated heterocycles. The van der Waals surface area contributed by atoms with Crippen LogP contribution < -0.4 is 15.0 Å². The van der Waals surface area contributed by atoms with Crippen LogP contribution in [0.3, 0.4) is 0 Å². The van der Waals surface area contributed by atoms with Gasteiger partial charge in [-0.1, -0.05) is 13.8 Å². The maximum absolute atomic E-state index is 5.21. The molecule has 112 valence electrons. The average molecular weight is 279 g/mol. The predicted molar refractivity (Wildman–Crippen MR) is 80.4 cm³/mol. The van der Waals surface area contributed by atoms with E-state index in [1.54, 1.807) is 7.11 Å². The zero-order valence-electron chi connectivity index (χ0n) is 12.9. The summed E-state index contributed by atoms with van der Waals surface area (Å²) in [5, 5.41) is 3.21. The molecule has 1 fully saturated rings. The van der Waals surface area contributed by atoms with E-state index >= 15 is 0 Å². The number of hydrogen-bond acceptors (Lipinski definition) is 6. The summed E-state index contributed by atoms with van der Waals surface area (Å²) < 4.78 is 5.21. The fourth-order valence-electron chi connectivity index (χ4n) is 2.70. The summed E-state index contributed by atoms with van der Waals surface area (Å²) in [6.07, 6.45) is 4.52. The monoisotopic (exact) mass is 279 g/mol. The van der Waals surface area contributed by atoms with Crippen LogP contribution in [-0.2, 0) is 0 Å². The summed E-state index contributed by atoms with van der Waals surface area (Å²) in [6.45, 7) is 7.40. The van der Waals surface area contributed by atoms with Crippen molar-refractivity contribution in [1.82, 2.24) is 15.0 Å². The molecule has 0 bridgehead atoms. The lowest BCUT2D eigenvalue weighted by Gasteiger charge is -2.28. The molecule has 2 heterocycles. The summed E-state index contributed by atoms with van der Waals surface area (Å²) in [5.74, 6) is 1.33. The highest BCUT2D eigenvalue weighted by atomic mass is 16.5. The lowest BCUT2D eigenvalue weighted by Crippen LogP contribution is -2.35. The van der Waals surface area contributed by atoms with E-state index in [2.05, 4.69) is 45.9 Å². The van der Waals surface area contributed by atoms with Crippen LogP contribution in [0.15, 0.2) is 0 Å². The first-order valence-electron chi connectivity index (χ1n) is 7.51. The fraction of sp³-hybridized carbons (Fsp3) is 0.786. The normalized spacial score (nSPS) is 22.1. The average Bonchev–Trinajstić information content (AvgIpc) is 2.85. The molecule has 2 atom stereocenters. The van der Waals surface area contributed by atoms with Gasteiger partial charge < -0.3 is 15.0 Å². The highest BCUT2D eigenvalue weighted by Crippen LogP contribution is 2.30. The number of methoxy groups -OCH3 is 1. The molecule has 0 aliphatic carbocycles. The molecular weight excluding hydrogens is 254 g/mol. The summed E-state index contributed by atoms with van der Waals surface area (Å²) in [6, 6.07) is 1.35. The highest BCUT2D eigenvalue weighted by Gasteiger charge is 2.32. The Balaban J connectivity index is 2.29. The molecule has 0 amide bonds. The van der Waals surface area contributed by atoms with Crippen LogP contribution in [0.4, 0.5) is 11.9 Å². The molecule has 6 heteroatoms. The molecule has 2 unspecified atom stereocenters. The molecule has 1 aromatic rings. The first kappa shape index (κ1) is 14.8. The van der Waals surface area contributed by atoms with Gasteiger partial charge in [-0.25, -0.2) is 0 Å². The van der Waals surface area contributed by atoms with Crippen LogP contribution >= 0.6 is 0 Å². The summed E-state index contributed by atoms with van der Waals surface area (Å²) in [7, 11) is 1.59. The number of hydrogen-bond donors (Lipinski definition) is 1. The molecule has 0 spiro atoms. The first-order valence-corrected chi connectivity index (χ1v) is 7.51. The van der Waals surface area contributed by atoms with Gasteiger partial charge >= 0.3 is 6.01 Å². The quantitative estimate of drug-likeness (QED) is 0.863. The SMILES string of the molecule is CCCNc1nc(OC)nc(N2C(C)CCC2CC)n1. The molecule has 0 radical (unpaired) electrons. The first-order chi connectivity index (χ1) is 9.69. The van der Waals surface area contributed by atoms with Gasteiger partial charge in [0.25, 0.3) is 0 Å². The van der Waals surface area contributed by atoms with E-state index in [4.69, 9.17) is 4.74 Å². The minimum atomic E-state index is 0.377. The molecule has 0 saturated carbocycles. The van der Waals surface area contributed by atoms with Gasteiger partial charge in [0.2, 0.25) is 11.9 Å². The number of anilines is 2. The van der Waals surface area contributed by atoms with E-state index in [-0.39, 0.29) is 0 Å². The third-order valence-corrected chi connectivity index (χ3v) is 3.81. The van der Waals surface area contributed by atoms with Gasteiger partial charge in [0.15, 0.2) is 0 Å². The van der Waals surface area contributed by atoms with Crippen LogP contribution in [0, 0.1) is 0 Å². The Kier molecular flexibility index (Phi) is 4.98. The Bertz CT molecular complexity index is 440. The van der Waals surface area contributed by atoms with E-state index in [0.717, 1.165) is 25.3 Å². The number of aromatic nitrogens is 3. The van der Waals surface area contributed by atoms with Gasteiger partial charge in [-0.15, -0.1) is 0 Å². The maximum atomic E-state index is 5.21. The number of ether oxygens (including phenoxy) is 1. The van der Waals surface area contributed by atoms with Crippen LogP contribution in [-0.4, -0.2) is 40.7 Å². The Morgan fingerprint density at radius 1 is 1.25 bits per heavy atom. The fourth-order valence-corrected chi connectivity index (χ4v) is 2.70. The van der Waals surface area contributed by atoms with Crippen LogP contribution in [0.1, 0.15) is 46.5 Å². The minimum absolute atomic E-state index is 0.377. The van der Waals surface area contributed by atoms with E-state index in [1.165, 1.54) is 12.8 Å². The van der Waals surface area contributed by atoms with Crippen molar-refractivity contribution >= 4 is 11.9 Å². The Hall–Kier alpha value is -1.59. The second kappa shape index (κ2) is 6.72. The molecule has 1 N–H and O–H groups in total. The second-order valence-corrected chi connectivity index (χ2v) is 5.27. The van der Waals surface area contributed by atoms with Crippen molar-refractivity contribution in [1.29, 1.82) is 0 Å². The number of rotatable bonds is 6. The van der Waals surface area contributed by atoms with Crippen molar-refractivity contribution in [3.05, 3.63) is 0 Å². The molecule has 6 nitrogen and oxygen atoms in total. The number of nitrogens with zero attached hydrogens (tertiary/aromatic N) is 4. The van der Waals surface area contributed by atoms with E-state index < -0.39 is 0 Å². The van der Waals surface area contributed by atoms with Crippen molar-refractivity contribution in [3.8, 4) is 6.01 Å². The molecule has 20 heavy (non-hydrogen) atoms.